The number of rotatable bonds is 7. The van der Waals surface area contributed by atoms with E-state index in [0.717, 1.165) is 5.56 Å². The average Bonchev–Trinajstić information content (AvgIpc) is 2.76. The van der Waals surface area contributed by atoms with Crippen LogP contribution in [0.5, 0.6) is 0 Å². The van der Waals surface area contributed by atoms with Crippen molar-refractivity contribution in [2.45, 2.75) is 38.8 Å². The van der Waals surface area contributed by atoms with Gasteiger partial charge in [0.15, 0.2) is 0 Å². The van der Waals surface area contributed by atoms with E-state index in [0.29, 0.717) is 0 Å². The second kappa shape index (κ2) is 11.1. The molecule has 176 valence electrons. The summed E-state index contributed by atoms with van der Waals surface area (Å²) in [7, 11) is 2.40. The maximum absolute atomic E-state index is 13.1. The van der Waals surface area contributed by atoms with Crippen LogP contribution < -0.4 is 10.6 Å². The standard InChI is InChI=1S/C24H28N2O7/c1-24(2,3)33-23(30)26-19(11-15-9-7-6-8-10-15)20(27)25-18-13-16(21(28)31-4)12-17(14-18)22(29)32-5/h6-10,12-14,19H,11H2,1-5H3,(H,25,27)(H,26,30). The lowest BCUT2D eigenvalue weighted by molar-refractivity contribution is -0.118. The molecule has 2 aromatic carbocycles. The first-order valence-corrected chi connectivity index (χ1v) is 10.2. The molecule has 2 amide bonds. The highest BCUT2D eigenvalue weighted by Gasteiger charge is 2.25. The van der Waals surface area contributed by atoms with E-state index in [1.165, 1.54) is 32.4 Å². The van der Waals surface area contributed by atoms with Crippen LogP contribution in [0.2, 0.25) is 0 Å². The number of hydrogen-bond donors (Lipinski definition) is 2. The summed E-state index contributed by atoms with van der Waals surface area (Å²) in [5, 5.41) is 5.23. The molecule has 0 aliphatic rings. The molecule has 2 N–H and O–H groups in total. The largest absolute Gasteiger partial charge is 0.465 e. The Hall–Kier alpha value is -3.88. The number of esters is 2. The van der Waals surface area contributed by atoms with Gasteiger partial charge in [0.2, 0.25) is 5.91 Å². The number of amides is 2. The lowest BCUT2D eigenvalue weighted by Crippen LogP contribution is -2.47. The van der Waals surface area contributed by atoms with Crippen LogP contribution in [0.4, 0.5) is 10.5 Å². The van der Waals surface area contributed by atoms with E-state index >= 15 is 0 Å². The summed E-state index contributed by atoms with van der Waals surface area (Å²) in [6.45, 7) is 5.14. The Balaban J connectivity index is 2.32. The highest BCUT2D eigenvalue weighted by Crippen LogP contribution is 2.18. The third-order valence-electron chi connectivity index (χ3n) is 4.33. The van der Waals surface area contributed by atoms with E-state index in [1.54, 1.807) is 20.8 Å². The zero-order valence-corrected chi connectivity index (χ0v) is 19.3. The van der Waals surface area contributed by atoms with Crippen LogP contribution >= 0.6 is 0 Å². The van der Waals surface area contributed by atoms with Crippen molar-refractivity contribution in [1.29, 1.82) is 0 Å². The minimum Gasteiger partial charge on any atom is -0.465 e. The molecule has 0 saturated heterocycles. The van der Waals surface area contributed by atoms with Gasteiger partial charge in [0, 0.05) is 12.1 Å². The summed E-state index contributed by atoms with van der Waals surface area (Å²) in [5.74, 6) is -1.95. The Bertz CT molecular complexity index is 979. The number of nitrogens with one attached hydrogen (secondary N) is 2. The Morgan fingerprint density at radius 3 is 1.91 bits per heavy atom. The van der Waals surface area contributed by atoms with Gasteiger partial charge in [-0.05, 0) is 44.5 Å². The predicted molar refractivity (Wildman–Crippen MR) is 121 cm³/mol. The first-order chi connectivity index (χ1) is 15.5. The molecule has 2 rings (SSSR count). The van der Waals surface area contributed by atoms with Crippen molar-refractivity contribution in [1.82, 2.24) is 5.32 Å². The van der Waals surface area contributed by atoms with Crippen molar-refractivity contribution in [3.63, 3.8) is 0 Å². The third kappa shape index (κ3) is 7.95. The number of methoxy groups -OCH3 is 2. The van der Waals surface area contributed by atoms with Crippen LogP contribution in [-0.4, -0.2) is 49.8 Å². The summed E-state index contributed by atoms with van der Waals surface area (Å²) in [4.78, 5) is 49.5. The monoisotopic (exact) mass is 456 g/mol. The van der Waals surface area contributed by atoms with E-state index in [2.05, 4.69) is 10.6 Å². The smallest absolute Gasteiger partial charge is 0.408 e. The number of alkyl carbamates (subject to hydrolysis) is 1. The molecule has 0 saturated carbocycles. The number of benzene rings is 2. The van der Waals surface area contributed by atoms with Crippen LogP contribution in [0.25, 0.3) is 0 Å². The Labute approximate surface area is 192 Å². The molecule has 33 heavy (non-hydrogen) atoms. The Kier molecular flexibility index (Phi) is 8.56. The van der Waals surface area contributed by atoms with E-state index in [1.807, 2.05) is 30.3 Å². The van der Waals surface area contributed by atoms with Crippen molar-refractivity contribution in [3.05, 3.63) is 65.2 Å². The van der Waals surface area contributed by atoms with Crippen molar-refractivity contribution >= 4 is 29.6 Å². The van der Waals surface area contributed by atoms with Crippen molar-refractivity contribution in [2.24, 2.45) is 0 Å². The molecular formula is C24H28N2O7. The maximum atomic E-state index is 13.1. The molecule has 0 spiro atoms. The number of anilines is 1. The van der Waals surface area contributed by atoms with Gasteiger partial charge in [0.1, 0.15) is 11.6 Å². The normalized spacial score (nSPS) is 11.7. The molecule has 0 bridgehead atoms. The summed E-state index contributed by atoms with van der Waals surface area (Å²) in [6.07, 6.45) is -0.566. The molecule has 0 aromatic heterocycles. The molecule has 1 unspecified atom stereocenters. The van der Waals surface area contributed by atoms with Crippen LogP contribution in [0.3, 0.4) is 0 Å². The van der Waals surface area contributed by atoms with Gasteiger partial charge in [0.25, 0.3) is 0 Å². The molecular weight excluding hydrogens is 428 g/mol. The highest BCUT2D eigenvalue weighted by molar-refractivity contribution is 6.01. The van der Waals surface area contributed by atoms with Gasteiger partial charge < -0.3 is 24.8 Å². The molecule has 0 radical (unpaired) electrons. The molecule has 1 atom stereocenters. The zero-order valence-electron chi connectivity index (χ0n) is 19.3. The number of ether oxygens (including phenoxy) is 3. The average molecular weight is 456 g/mol. The van der Waals surface area contributed by atoms with Gasteiger partial charge >= 0.3 is 18.0 Å². The highest BCUT2D eigenvalue weighted by atomic mass is 16.6. The summed E-state index contributed by atoms with van der Waals surface area (Å²) in [6, 6.07) is 12.2. The van der Waals surface area contributed by atoms with Gasteiger partial charge in [-0.2, -0.15) is 0 Å². The SMILES string of the molecule is COC(=O)c1cc(NC(=O)C(Cc2ccccc2)NC(=O)OC(C)(C)C)cc(C(=O)OC)c1. The predicted octanol–water partition coefficient (Wildman–Crippen LogP) is 3.33. The molecule has 9 heteroatoms. The van der Waals surface area contributed by atoms with Gasteiger partial charge in [-0.1, -0.05) is 30.3 Å². The van der Waals surface area contributed by atoms with Gasteiger partial charge in [-0.15, -0.1) is 0 Å². The lowest BCUT2D eigenvalue weighted by Gasteiger charge is -2.23. The molecule has 0 heterocycles. The van der Waals surface area contributed by atoms with Gasteiger partial charge in [-0.3, -0.25) is 4.79 Å². The lowest BCUT2D eigenvalue weighted by atomic mass is 10.0. The molecule has 9 nitrogen and oxygen atoms in total. The molecule has 0 fully saturated rings. The fourth-order valence-corrected chi connectivity index (χ4v) is 2.91. The topological polar surface area (TPSA) is 120 Å². The fraction of sp³-hybridized carbons (Fsp3) is 0.333. The third-order valence-corrected chi connectivity index (χ3v) is 4.33. The first-order valence-electron chi connectivity index (χ1n) is 10.2. The minimum absolute atomic E-state index is 0.0513. The zero-order chi connectivity index (χ0) is 24.6. The van der Waals surface area contributed by atoms with Crippen molar-refractivity contribution in [3.8, 4) is 0 Å². The number of carbonyl (C=O) groups excluding carboxylic acids is 4. The van der Waals surface area contributed by atoms with Gasteiger partial charge in [0.05, 0.1) is 25.3 Å². The van der Waals surface area contributed by atoms with E-state index in [4.69, 9.17) is 14.2 Å². The van der Waals surface area contributed by atoms with Crippen LogP contribution in [0.15, 0.2) is 48.5 Å². The Morgan fingerprint density at radius 2 is 1.42 bits per heavy atom. The second-order valence-corrected chi connectivity index (χ2v) is 8.16. The minimum atomic E-state index is -0.995. The number of hydrogen-bond acceptors (Lipinski definition) is 7. The van der Waals surface area contributed by atoms with Crippen molar-refractivity contribution < 1.29 is 33.4 Å². The summed E-state index contributed by atoms with van der Waals surface area (Å²) >= 11 is 0. The fourth-order valence-electron chi connectivity index (χ4n) is 2.91. The number of carbonyl (C=O) groups is 4. The summed E-state index contributed by atoms with van der Waals surface area (Å²) in [5.41, 5.74) is 0.327. The second-order valence-electron chi connectivity index (χ2n) is 8.16. The Morgan fingerprint density at radius 1 is 0.879 bits per heavy atom. The molecule has 0 aliphatic carbocycles. The van der Waals surface area contributed by atoms with Crippen LogP contribution in [-0.2, 0) is 25.4 Å². The van der Waals surface area contributed by atoms with Gasteiger partial charge in [-0.25, -0.2) is 14.4 Å². The molecule has 2 aromatic rings. The van der Waals surface area contributed by atoms with Crippen molar-refractivity contribution in [2.75, 3.05) is 19.5 Å². The van der Waals surface area contributed by atoms with Crippen LogP contribution in [0, 0.1) is 0 Å². The summed E-state index contributed by atoms with van der Waals surface area (Å²) < 4.78 is 14.7. The maximum Gasteiger partial charge on any atom is 0.408 e. The molecule has 0 aliphatic heterocycles. The van der Waals surface area contributed by atoms with E-state index in [-0.39, 0.29) is 23.2 Å². The first kappa shape index (κ1) is 25.4. The van der Waals surface area contributed by atoms with E-state index in [9.17, 15) is 19.2 Å². The van der Waals surface area contributed by atoms with Crippen LogP contribution in [0.1, 0.15) is 47.1 Å². The quantitative estimate of drug-likeness (QED) is 0.484. The van der Waals surface area contributed by atoms with E-state index < -0.39 is 35.6 Å².